The quantitative estimate of drug-likeness (QED) is 0.326. The lowest BCUT2D eigenvalue weighted by Gasteiger charge is -2.15. The molecule has 0 saturated carbocycles. The highest BCUT2D eigenvalue weighted by atomic mass is 35.5. The zero-order chi connectivity index (χ0) is 24.2. The summed E-state index contributed by atoms with van der Waals surface area (Å²) in [5, 5.41) is 5.01. The van der Waals surface area contributed by atoms with Gasteiger partial charge >= 0.3 is 5.97 Å². The number of fused-ring (bicyclic) bond motifs is 1. The van der Waals surface area contributed by atoms with Crippen LogP contribution >= 0.6 is 22.9 Å². The van der Waals surface area contributed by atoms with Crippen molar-refractivity contribution >= 4 is 49.9 Å². The van der Waals surface area contributed by atoms with Gasteiger partial charge in [-0.2, -0.15) is 0 Å². The fourth-order valence-electron chi connectivity index (χ4n) is 3.71. The maximum Gasteiger partial charge on any atom is 0.338 e. The monoisotopic (exact) mass is 493 g/mol. The second kappa shape index (κ2) is 10.3. The number of rotatable bonds is 7. The lowest BCUT2D eigenvalue weighted by Crippen LogP contribution is -2.27. The number of anilines is 1. The van der Waals surface area contributed by atoms with Crippen LogP contribution in [0.4, 0.5) is 5.00 Å². The Morgan fingerprint density at radius 2 is 1.88 bits per heavy atom. The van der Waals surface area contributed by atoms with Gasteiger partial charge in [-0.15, -0.1) is 11.3 Å². The van der Waals surface area contributed by atoms with Crippen molar-refractivity contribution in [2.24, 2.45) is 5.73 Å². The fourth-order valence-corrected chi connectivity index (χ4v) is 4.93. The van der Waals surface area contributed by atoms with E-state index in [0.29, 0.717) is 15.6 Å². The van der Waals surface area contributed by atoms with Crippen molar-refractivity contribution in [2.45, 2.75) is 26.4 Å². The molecule has 4 aromatic rings. The molecule has 4 rings (SSSR count). The molecule has 2 heterocycles. The van der Waals surface area contributed by atoms with Gasteiger partial charge in [-0.3, -0.25) is 9.78 Å². The number of hydrogen-bond donors (Lipinski definition) is 2. The van der Waals surface area contributed by atoms with Gasteiger partial charge in [0.2, 0.25) is 5.91 Å². The first-order valence-corrected chi connectivity index (χ1v) is 11.9. The maximum absolute atomic E-state index is 12.9. The number of amides is 1. The number of benzene rings is 2. The molecule has 1 atom stereocenters. The highest BCUT2D eigenvalue weighted by molar-refractivity contribution is 7.23. The molecule has 174 valence electrons. The summed E-state index contributed by atoms with van der Waals surface area (Å²) in [6.45, 7) is 4.16. The molecule has 0 spiro atoms. The zero-order valence-electron chi connectivity index (χ0n) is 18.8. The first kappa shape index (κ1) is 23.9. The molecule has 0 aliphatic heterocycles. The topological polar surface area (TPSA) is 94.3 Å². The van der Waals surface area contributed by atoms with Crippen LogP contribution in [-0.2, 0) is 16.1 Å². The van der Waals surface area contributed by atoms with Crippen LogP contribution < -0.4 is 11.1 Å². The lowest BCUT2D eigenvalue weighted by molar-refractivity contribution is -0.117. The van der Waals surface area contributed by atoms with Crippen molar-refractivity contribution in [3.63, 3.8) is 0 Å². The maximum atomic E-state index is 12.9. The predicted molar refractivity (Wildman–Crippen MR) is 137 cm³/mol. The van der Waals surface area contributed by atoms with Gasteiger partial charge in [-0.05, 0) is 42.7 Å². The van der Waals surface area contributed by atoms with Crippen LogP contribution in [0.25, 0.3) is 10.1 Å². The van der Waals surface area contributed by atoms with E-state index in [9.17, 15) is 9.59 Å². The van der Waals surface area contributed by atoms with E-state index in [4.69, 9.17) is 22.1 Å². The van der Waals surface area contributed by atoms with E-state index < -0.39 is 5.92 Å². The molecule has 2 aromatic heterocycles. The second-order valence-electron chi connectivity index (χ2n) is 8.06. The number of carbonyl (C=O) groups excluding carboxylic acids is 2. The summed E-state index contributed by atoms with van der Waals surface area (Å²) in [7, 11) is 0. The minimum atomic E-state index is -0.523. The summed E-state index contributed by atoms with van der Waals surface area (Å²) in [5.74, 6) is -1.09. The third-order valence-corrected chi connectivity index (χ3v) is 6.84. The average molecular weight is 494 g/mol. The number of hydrogen-bond acceptors (Lipinski definition) is 6. The standard InChI is InChI=1S/C26H24ClN3O3S/c1-15-3-8-19(16(2)9-15)26(32)33-14-17-4-6-18(7-5-17)21(11-28)25(31)30-24-10-20-22(27)12-29-13-23(20)34-24/h3-10,12-13,21H,11,14,28H2,1-2H3,(H,30,31). The van der Waals surface area contributed by atoms with Gasteiger partial charge in [-0.1, -0.05) is 53.6 Å². The molecule has 34 heavy (non-hydrogen) atoms. The molecular formula is C26H24ClN3O3S. The number of ether oxygens (including phenoxy) is 1. The molecule has 0 aliphatic carbocycles. The Morgan fingerprint density at radius 3 is 2.56 bits per heavy atom. The number of nitrogens with one attached hydrogen (secondary N) is 1. The number of aromatic nitrogens is 1. The second-order valence-corrected chi connectivity index (χ2v) is 9.55. The number of halogens is 1. The van der Waals surface area contributed by atoms with Crippen LogP contribution in [-0.4, -0.2) is 23.4 Å². The number of thiophene rings is 1. The van der Waals surface area contributed by atoms with Crippen LogP contribution in [0, 0.1) is 13.8 Å². The molecule has 2 aromatic carbocycles. The molecule has 8 heteroatoms. The third-order valence-electron chi connectivity index (χ3n) is 5.55. The van der Waals surface area contributed by atoms with Crippen LogP contribution in [0.15, 0.2) is 60.9 Å². The molecule has 0 fully saturated rings. The number of esters is 1. The Balaban J connectivity index is 1.40. The molecule has 1 unspecified atom stereocenters. The van der Waals surface area contributed by atoms with Gasteiger partial charge in [0, 0.05) is 24.3 Å². The van der Waals surface area contributed by atoms with Crippen molar-refractivity contribution in [1.29, 1.82) is 0 Å². The summed E-state index contributed by atoms with van der Waals surface area (Å²) in [6.07, 6.45) is 3.29. The van der Waals surface area contributed by atoms with Crippen molar-refractivity contribution < 1.29 is 14.3 Å². The first-order valence-electron chi connectivity index (χ1n) is 10.7. The fraction of sp³-hybridized carbons (Fsp3) is 0.192. The molecule has 0 radical (unpaired) electrons. The van der Waals surface area contributed by atoms with Crippen molar-refractivity contribution in [3.05, 3.63) is 93.8 Å². The van der Waals surface area contributed by atoms with E-state index in [2.05, 4.69) is 10.3 Å². The van der Waals surface area contributed by atoms with Crippen molar-refractivity contribution in [3.8, 4) is 0 Å². The van der Waals surface area contributed by atoms with E-state index in [0.717, 1.165) is 32.3 Å². The summed E-state index contributed by atoms with van der Waals surface area (Å²) < 4.78 is 6.36. The number of carbonyl (C=O) groups is 2. The van der Waals surface area contributed by atoms with Crippen molar-refractivity contribution in [2.75, 3.05) is 11.9 Å². The Labute approximate surface area is 206 Å². The number of pyridine rings is 1. The van der Waals surface area contributed by atoms with E-state index in [1.54, 1.807) is 18.5 Å². The largest absolute Gasteiger partial charge is 0.457 e. The van der Waals surface area contributed by atoms with Gasteiger partial charge in [0.05, 0.1) is 26.2 Å². The highest BCUT2D eigenvalue weighted by Gasteiger charge is 2.20. The molecule has 1 amide bonds. The molecule has 0 bridgehead atoms. The number of aryl methyl sites for hydroxylation is 2. The van der Waals surface area contributed by atoms with Gasteiger partial charge in [0.25, 0.3) is 0 Å². The average Bonchev–Trinajstić information content (AvgIpc) is 3.22. The van der Waals surface area contributed by atoms with Crippen LogP contribution in [0.2, 0.25) is 5.02 Å². The predicted octanol–water partition coefficient (Wildman–Crippen LogP) is 5.60. The highest BCUT2D eigenvalue weighted by Crippen LogP contribution is 2.34. The first-order chi connectivity index (χ1) is 16.4. The van der Waals surface area contributed by atoms with Crippen LogP contribution in [0.3, 0.4) is 0 Å². The lowest BCUT2D eigenvalue weighted by atomic mass is 9.97. The summed E-state index contributed by atoms with van der Waals surface area (Å²) in [5.41, 5.74) is 10.1. The minimum absolute atomic E-state index is 0.141. The van der Waals surface area contributed by atoms with E-state index in [1.165, 1.54) is 11.3 Å². The van der Waals surface area contributed by atoms with Crippen molar-refractivity contribution in [1.82, 2.24) is 4.98 Å². The summed E-state index contributed by atoms with van der Waals surface area (Å²) in [4.78, 5) is 29.4. The Kier molecular flexibility index (Phi) is 7.26. The van der Waals surface area contributed by atoms with Gasteiger partial charge in [0.15, 0.2) is 0 Å². The van der Waals surface area contributed by atoms with E-state index in [-0.39, 0.29) is 25.0 Å². The summed E-state index contributed by atoms with van der Waals surface area (Å²) >= 11 is 7.59. The zero-order valence-corrected chi connectivity index (χ0v) is 20.4. The Morgan fingerprint density at radius 1 is 1.12 bits per heavy atom. The van der Waals surface area contributed by atoms with Gasteiger partial charge in [0.1, 0.15) is 6.61 Å². The molecule has 6 nitrogen and oxygen atoms in total. The number of nitrogens with two attached hydrogens (primary N) is 1. The van der Waals surface area contributed by atoms with Gasteiger partial charge < -0.3 is 15.8 Å². The van der Waals surface area contributed by atoms with E-state index in [1.807, 2.05) is 56.3 Å². The SMILES string of the molecule is Cc1ccc(C(=O)OCc2ccc(C(CN)C(=O)Nc3cc4c(Cl)cncc4s3)cc2)c(C)c1. The number of nitrogens with zero attached hydrogens (tertiary/aromatic N) is 1. The molecule has 0 saturated heterocycles. The Bertz CT molecular complexity index is 1350. The van der Waals surface area contributed by atoms with Crippen LogP contribution in [0.5, 0.6) is 0 Å². The normalized spacial score (nSPS) is 11.9. The van der Waals surface area contributed by atoms with Gasteiger partial charge in [-0.25, -0.2) is 4.79 Å². The smallest absolute Gasteiger partial charge is 0.338 e. The third kappa shape index (κ3) is 5.28. The Hall–Kier alpha value is -3.26. The molecule has 0 aliphatic rings. The van der Waals surface area contributed by atoms with E-state index >= 15 is 0 Å². The van der Waals surface area contributed by atoms with Crippen LogP contribution in [0.1, 0.15) is 38.5 Å². The minimum Gasteiger partial charge on any atom is -0.457 e. The summed E-state index contributed by atoms with van der Waals surface area (Å²) in [6, 6.07) is 14.8. The molecular weight excluding hydrogens is 470 g/mol. The molecule has 3 N–H and O–H groups in total.